The molecule has 0 aromatic carbocycles. The van der Waals surface area contributed by atoms with E-state index in [0.717, 1.165) is 11.7 Å². The first-order valence-electron chi connectivity index (χ1n) is 3.35. The second-order valence-corrected chi connectivity index (χ2v) is 4.28. The number of nitrogens with zero attached hydrogens (tertiary/aromatic N) is 2. The molecule has 0 amide bonds. The molecule has 0 radical (unpaired) electrons. The molecular formula is C6H11N3S2. The van der Waals surface area contributed by atoms with E-state index in [1.807, 2.05) is 11.8 Å². The molecule has 0 aliphatic rings. The summed E-state index contributed by atoms with van der Waals surface area (Å²) in [6.07, 6.45) is 2.10. The van der Waals surface area contributed by atoms with Gasteiger partial charge in [-0.3, -0.25) is 0 Å². The molecule has 0 saturated heterocycles. The van der Waals surface area contributed by atoms with E-state index in [4.69, 9.17) is 0 Å². The Morgan fingerprint density at radius 3 is 3.18 bits per heavy atom. The number of hydrogen-bond acceptors (Lipinski definition) is 5. The van der Waals surface area contributed by atoms with Gasteiger partial charge in [-0.1, -0.05) is 18.3 Å². The molecule has 62 valence electrons. The number of nitrogens with one attached hydrogen (secondary N) is 1. The Kier molecular flexibility index (Phi) is 3.65. The highest BCUT2D eigenvalue weighted by Gasteiger charge is 1.99. The fourth-order valence-electron chi connectivity index (χ4n) is 0.564. The van der Waals surface area contributed by atoms with Crippen LogP contribution in [0.1, 0.15) is 6.92 Å². The molecular weight excluding hydrogens is 178 g/mol. The maximum absolute atomic E-state index is 3.87. The molecule has 0 bridgehead atoms. The van der Waals surface area contributed by atoms with E-state index in [9.17, 15) is 0 Å². The summed E-state index contributed by atoms with van der Waals surface area (Å²) < 4.78 is 0. The Hall–Kier alpha value is -0.290. The zero-order valence-electron chi connectivity index (χ0n) is 6.57. The van der Waals surface area contributed by atoms with Crippen molar-refractivity contribution in [1.29, 1.82) is 0 Å². The average Bonchev–Trinajstić information content (AvgIpc) is 2.52. The number of anilines is 1. The van der Waals surface area contributed by atoms with Crippen LogP contribution in [0.15, 0.2) is 5.51 Å². The van der Waals surface area contributed by atoms with Crippen LogP contribution in [0.25, 0.3) is 0 Å². The summed E-state index contributed by atoms with van der Waals surface area (Å²) in [6, 6.07) is 0. The Balaban J connectivity index is 2.23. The normalized spacial score (nSPS) is 12.9. The molecule has 1 unspecified atom stereocenters. The lowest BCUT2D eigenvalue weighted by atomic mass is 10.5. The minimum atomic E-state index is 0.624. The first kappa shape index (κ1) is 8.80. The van der Waals surface area contributed by atoms with Crippen LogP contribution in [0.4, 0.5) is 5.13 Å². The van der Waals surface area contributed by atoms with Gasteiger partial charge >= 0.3 is 0 Å². The molecule has 1 heterocycles. The van der Waals surface area contributed by atoms with Gasteiger partial charge in [-0.05, 0) is 6.26 Å². The molecule has 11 heavy (non-hydrogen) atoms. The minimum Gasteiger partial charge on any atom is -0.359 e. The van der Waals surface area contributed by atoms with Gasteiger partial charge in [0.05, 0.1) is 0 Å². The molecule has 0 fully saturated rings. The number of aromatic nitrogens is 2. The summed E-state index contributed by atoms with van der Waals surface area (Å²) in [6.45, 7) is 3.13. The molecule has 0 aliphatic heterocycles. The van der Waals surface area contributed by atoms with Gasteiger partial charge in [0.2, 0.25) is 5.13 Å². The van der Waals surface area contributed by atoms with Crippen LogP contribution >= 0.6 is 23.1 Å². The van der Waals surface area contributed by atoms with Crippen molar-refractivity contribution in [2.24, 2.45) is 0 Å². The van der Waals surface area contributed by atoms with Crippen molar-refractivity contribution in [1.82, 2.24) is 10.2 Å². The highest BCUT2D eigenvalue weighted by atomic mass is 32.2. The van der Waals surface area contributed by atoms with E-state index in [2.05, 4.69) is 28.7 Å². The van der Waals surface area contributed by atoms with Crippen molar-refractivity contribution in [2.45, 2.75) is 12.2 Å². The molecule has 1 N–H and O–H groups in total. The summed E-state index contributed by atoms with van der Waals surface area (Å²) >= 11 is 3.37. The molecule has 1 aromatic rings. The zero-order valence-corrected chi connectivity index (χ0v) is 8.21. The van der Waals surface area contributed by atoms with Crippen LogP contribution in [-0.2, 0) is 0 Å². The lowest BCUT2D eigenvalue weighted by molar-refractivity contribution is 0.983. The maximum atomic E-state index is 3.87. The van der Waals surface area contributed by atoms with Crippen LogP contribution in [0.3, 0.4) is 0 Å². The van der Waals surface area contributed by atoms with Crippen molar-refractivity contribution in [2.75, 3.05) is 18.1 Å². The van der Waals surface area contributed by atoms with Gasteiger partial charge in [0.25, 0.3) is 0 Å². The van der Waals surface area contributed by atoms with Crippen molar-refractivity contribution in [3.63, 3.8) is 0 Å². The lowest BCUT2D eigenvalue weighted by Gasteiger charge is -2.06. The van der Waals surface area contributed by atoms with Crippen molar-refractivity contribution >= 4 is 28.2 Å². The van der Waals surface area contributed by atoms with Gasteiger partial charge in [0, 0.05) is 11.8 Å². The third kappa shape index (κ3) is 3.07. The Labute approximate surface area is 74.6 Å². The number of thioether (sulfide) groups is 1. The highest BCUT2D eigenvalue weighted by Crippen LogP contribution is 2.10. The van der Waals surface area contributed by atoms with Crippen LogP contribution in [0, 0.1) is 0 Å². The molecule has 1 atom stereocenters. The first-order chi connectivity index (χ1) is 5.33. The van der Waals surface area contributed by atoms with Gasteiger partial charge in [0.1, 0.15) is 5.51 Å². The van der Waals surface area contributed by atoms with Gasteiger partial charge in [-0.2, -0.15) is 11.8 Å². The molecule has 5 heteroatoms. The van der Waals surface area contributed by atoms with Gasteiger partial charge in [-0.25, -0.2) is 0 Å². The Morgan fingerprint density at radius 2 is 2.64 bits per heavy atom. The summed E-state index contributed by atoms with van der Waals surface area (Å²) in [5, 5.41) is 12.3. The van der Waals surface area contributed by atoms with Crippen LogP contribution < -0.4 is 5.32 Å². The second kappa shape index (κ2) is 4.56. The predicted molar refractivity (Wildman–Crippen MR) is 51.4 cm³/mol. The van der Waals surface area contributed by atoms with Gasteiger partial charge < -0.3 is 5.32 Å². The van der Waals surface area contributed by atoms with E-state index in [0.29, 0.717) is 5.25 Å². The van der Waals surface area contributed by atoms with Gasteiger partial charge in [-0.15, -0.1) is 10.2 Å². The Bertz CT molecular complexity index is 188. The van der Waals surface area contributed by atoms with Crippen molar-refractivity contribution < 1.29 is 0 Å². The second-order valence-electron chi connectivity index (χ2n) is 2.17. The SMILES string of the molecule is CSC(C)CNc1nncs1. The summed E-state index contributed by atoms with van der Waals surface area (Å²) in [5.41, 5.74) is 1.73. The molecule has 0 spiro atoms. The third-order valence-corrected chi connectivity index (χ3v) is 2.92. The quantitative estimate of drug-likeness (QED) is 0.782. The minimum absolute atomic E-state index is 0.624. The molecule has 0 saturated carbocycles. The van der Waals surface area contributed by atoms with E-state index >= 15 is 0 Å². The molecule has 3 nitrogen and oxygen atoms in total. The van der Waals surface area contributed by atoms with E-state index in [-0.39, 0.29) is 0 Å². The maximum Gasteiger partial charge on any atom is 0.205 e. The van der Waals surface area contributed by atoms with Crippen molar-refractivity contribution in [3.05, 3.63) is 5.51 Å². The fraction of sp³-hybridized carbons (Fsp3) is 0.667. The van der Waals surface area contributed by atoms with E-state index in [1.54, 1.807) is 5.51 Å². The number of hydrogen-bond donors (Lipinski definition) is 1. The molecule has 0 aliphatic carbocycles. The number of rotatable bonds is 4. The standard InChI is InChI=1S/C6H11N3S2/c1-5(10-2)3-7-6-9-8-4-11-6/h4-5H,3H2,1-2H3,(H,7,9). The average molecular weight is 189 g/mol. The van der Waals surface area contributed by atoms with E-state index in [1.165, 1.54) is 11.3 Å². The summed E-state index contributed by atoms with van der Waals surface area (Å²) in [5.74, 6) is 0. The highest BCUT2D eigenvalue weighted by molar-refractivity contribution is 7.99. The van der Waals surface area contributed by atoms with Crippen LogP contribution in [0.2, 0.25) is 0 Å². The predicted octanol–water partition coefficient (Wildman–Crippen LogP) is 1.70. The van der Waals surface area contributed by atoms with E-state index < -0.39 is 0 Å². The van der Waals surface area contributed by atoms with Crippen LogP contribution in [-0.4, -0.2) is 28.2 Å². The lowest BCUT2D eigenvalue weighted by Crippen LogP contribution is -2.12. The zero-order chi connectivity index (χ0) is 8.10. The molecule has 1 rings (SSSR count). The van der Waals surface area contributed by atoms with Crippen LogP contribution in [0.5, 0.6) is 0 Å². The van der Waals surface area contributed by atoms with Gasteiger partial charge in [0.15, 0.2) is 0 Å². The van der Waals surface area contributed by atoms with Crippen molar-refractivity contribution in [3.8, 4) is 0 Å². The third-order valence-electron chi connectivity index (χ3n) is 1.30. The Morgan fingerprint density at radius 1 is 1.82 bits per heavy atom. The summed E-state index contributed by atoms with van der Waals surface area (Å²) in [7, 11) is 0. The summed E-state index contributed by atoms with van der Waals surface area (Å²) in [4.78, 5) is 0. The molecule has 1 aromatic heterocycles. The largest absolute Gasteiger partial charge is 0.359 e. The topological polar surface area (TPSA) is 37.8 Å². The monoisotopic (exact) mass is 189 g/mol. The first-order valence-corrected chi connectivity index (χ1v) is 5.52. The fourth-order valence-corrected chi connectivity index (χ4v) is 1.27. The smallest absolute Gasteiger partial charge is 0.205 e.